The van der Waals surface area contributed by atoms with Gasteiger partial charge in [0.15, 0.2) is 11.6 Å². The molecule has 6 heterocycles. The molecule has 4 unspecified atom stereocenters. The van der Waals surface area contributed by atoms with E-state index in [1.54, 1.807) is 29.6 Å². The molecule has 8 bridgehead atoms. The predicted molar refractivity (Wildman–Crippen MR) is 170 cm³/mol. The van der Waals surface area contributed by atoms with Crippen molar-refractivity contribution in [3.05, 3.63) is 64.2 Å². The molecule has 4 atom stereocenters. The molecule has 8 rings (SSSR count). The topological polar surface area (TPSA) is 116 Å². The van der Waals surface area contributed by atoms with Crippen LogP contribution >= 0.6 is 23.5 Å². The monoisotopic (exact) mass is 608 g/mol. The van der Waals surface area contributed by atoms with E-state index < -0.39 is 11.6 Å². The highest BCUT2D eigenvalue weighted by atomic mass is 32.2. The fourth-order valence-corrected chi connectivity index (χ4v) is 8.01. The predicted octanol–water partition coefficient (Wildman–Crippen LogP) is 5.00. The lowest BCUT2D eigenvalue weighted by Gasteiger charge is -2.24. The summed E-state index contributed by atoms with van der Waals surface area (Å²) in [7, 11) is 0. The van der Waals surface area contributed by atoms with E-state index in [9.17, 15) is 19.2 Å². The molecule has 224 valence electrons. The molecule has 10 heteroatoms. The second-order valence-electron chi connectivity index (χ2n) is 13.6. The van der Waals surface area contributed by atoms with E-state index in [0.717, 1.165) is 16.7 Å². The third kappa shape index (κ3) is 7.10. The average molecular weight is 609 g/mol. The molecule has 6 aliphatic heterocycles. The first-order chi connectivity index (χ1) is 19.7. The van der Waals surface area contributed by atoms with Crippen LogP contribution in [0.3, 0.4) is 0 Å². The van der Waals surface area contributed by atoms with Gasteiger partial charge in [-0.3, -0.25) is 29.8 Å². The Hall–Kier alpha value is -2.66. The summed E-state index contributed by atoms with van der Waals surface area (Å²) in [4.78, 5) is 53.8. The molecular formula is C32H40N4O4S2. The summed E-state index contributed by atoms with van der Waals surface area (Å²) in [5, 5.41) is 12.4. The molecule has 2 amide bonds. The fraction of sp³-hybridized carbons (Fsp3) is 0.500. The molecule has 0 saturated carbocycles. The van der Waals surface area contributed by atoms with Gasteiger partial charge in [0.2, 0.25) is 5.91 Å². The Morgan fingerprint density at radius 3 is 2.14 bits per heavy atom. The van der Waals surface area contributed by atoms with E-state index >= 15 is 0 Å². The van der Waals surface area contributed by atoms with Crippen LogP contribution in [-0.4, -0.2) is 52.5 Å². The number of amides is 2. The van der Waals surface area contributed by atoms with Crippen molar-refractivity contribution in [3.8, 4) is 0 Å². The minimum Gasteiger partial charge on any atom is -0.347 e. The molecular weight excluding hydrogens is 569 g/mol. The Morgan fingerprint density at radius 1 is 0.857 bits per heavy atom. The lowest BCUT2D eigenvalue weighted by molar-refractivity contribution is -0.120. The second-order valence-corrected chi connectivity index (χ2v) is 15.9. The molecule has 4 N–H and O–H groups in total. The van der Waals surface area contributed by atoms with Crippen LogP contribution in [0.25, 0.3) is 0 Å². The Bertz CT molecular complexity index is 1320. The number of carbonyl (C=O) groups is 4. The summed E-state index contributed by atoms with van der Waals surface area (Å²) in [6.07, 6.45) is 0.548. The van der Waals surface area contributed by atoms with E-state index in [1.807, 2.05) is 71.9 Å². The number of rotatable bonds is 3. The number of hydrogen-bond acceptors (Lipinski definition) is 8. The molecule has 0 spiro atoms. The standard InChI is InChI=1S/C32H40N4O4S2/c1-31(2,3)14-26(38)21-13-18-8-10-19(21)29-34-23(15-41-29)25(37)12-17-7-9-20(22(11-17)27(39)36-32(4,5)6)30-35-24(16-42-30)28(40)33-18/h7-11,13,23-24,29-30,34-35H,12,14-16H2,1-6H3,(H,33,40)(H,36,39). The largest absolute Gasteiger partial charge is 0.347 e. The summed E-state index contributed by atoms with van der Waals surface area (Å²) >= 11 is 3.17. The van der Waals surface area contributed by atoms with Gasteiger partial charge in [-0.1, -0.05) is 39.0 Å². The van der Waals surface area contributed by atoms with E-state index in [-0.39, 0.29) is 52.0 Å². The number of Topliss-reactive ketones (excluding diaryl/α,β-unsaturated/α-hetero) is 2. The van der Waals surface area contributed by atoms with Crippen molar-refractivity contribution in [3.63, 3.8) is 0 Å². The quantitative estimate of drug-likeness (QED) is 0.360. The van der Waals surface area contributed by atoms with Gasteiger partial charge in [0.05, 0.1) is 22.8 Å². The van der Waals surface area contributed by atoms with Crippen molar-refractivity contribution in [2.24, 2.45) is 5.41 Å². The van der Waals surface area contributed by atoms with Crippen molar-refractivity contribution < 1.29 is 19.2 Å². The Labute approximate surface area is 256 Å². The van der Waals surface area contributed by atoms with Crippen LogP contribution in [0.15, 0.2) is 36.4 Å². The number of ketones is 2. The van der Waals surface area contributed by atoms with Crippen molar-refractivity contribution in [2.75, 3.05) is 16.8 Å². The second kappa shape index (κ2) is 11.8. The Morgan fingerprint density at radius 2 is 1.48 bits per heavy atom. The van der Waals surface area contributed by atoms with Gasteiger partial charge in [-0.05, 0) is 61.1 Å². The highest BCUT2D eigenvalue weighted by Gasteiger charge is 2.36. The zero-order valence-corrected chi connectivity index (χ0v) is 26.7. The van der Waals surface area contributed by atoms with Gasteiger partial charge < -0.3 is 10.6 Å². The lowest BCUT2D eigenvalue weighted by atomic mass is 9.86. The first kappa shape index (κ1) is 30.8. The summed E-state index contributed by atoms with van der Waals surface area (Å²) in [6.45, 7) is 11.9. The molecule has 42 heavy (non-hydrogen) atoms. The van der Waals surface area contributed by atoms with Gasteiger partial charge in [-0.2, -0.15) is 0 Å². The maximum absolute atomic E-state index is 13.5. The van der Waals surface area contributed by atoms with E-state index in [4.69, 9.17) is 0 Å². The lowest BCUT2D eigenvalue weighted by Crippen LogP contribution is -2.42. The number of anilines is 1. The van der Waals surface area contributed by atoms with Gasteiger partial charge >= 0.3 is 0 Å². The van der Waals surface area contributed by atoms with Crippen molar-refractivity contribution in [2.45, 2.75) is 82.8 Å². The summed E-state index contributed by atoms with van der Waals surface area (Å²) in [6, 6.07) is 10.2. The minimum atomic E-state index is -0.486. The van der Waals surface area contributed by atoms with Crippen LogP contribution in [0.5, 0.6) is 0 Å². The zero-order valence-electron chi connectivity index (χ0n) is 25.1. The first-order valence-electron chi connectivity index (χ1n) is 14.4. The van der Waals surface area contributed by atoms with E-state index in [1.165, 1.54) is 0 Å². The normalized spacial score (nSPS) is 24.3. The highest BCUT2D eigenvalue weighted by Crippen LogP contribution is 2.39. The highest BCUT2D eigenvalue weighted by molar-refractivity contribution is 8.00. The van der Waals surface area contributed by atoms with Crippen LogP contribution in [0.2, 0.25) is 0 Å². The van der Waals surface area contributed by atoms with Crippen molar-refractivity contribution in [1.29, 1.82) is 0 Å². The van der Waals surface area contributed by atoms with Crippen LogP contribution < -0.4 is 21.3 Å². The van der Waals surface area contributed by atoms with Gasteiger partial charge in [0.1, 0.15) is 0 Å². The molecule has 6 aliphatic rings. The SMILES string of the molecule is CC(C)(C)CC(=O)c1cc2ccc1C1NC(CS1)C(=O)Cc1ccc(c(C(=O)NC(C)(C)C)c1)C1NC(CS1)C(=O)N2. The number of thioether (sulfide) groups is 2. The Kier molecular flexibility index (Phi) is 8.64. The molecule has 0 radical (unpaired) electrons. The van der Waals surface area contributed by atoms with Crippen molar-refractivity contribution in [1.82, 2.24) is 16.0 Å². The van der Waals surface area contributed by atoms with Gasteiger partial charge in [-0.15, -0.1) is 23.5 Å². The summed E-state index contributed by atoms with van der Waals surface area (Å²) in [5.74, 6) is 0.753. The number of benzene rings is 2. The molecule has 2 aromatic carbocycles. The fourth-order valence-electron chi connectivity index (χ4n) is 5.42. The van der Waals surface area contributed by atoms with E-state index in [2.05, 4.69) is 21.3 Å². The van der Waals surface area contributed by atoms with E-state index in [0.29, 0.717) is 34.7 Å². The molecule has 8 nitrogen and oxygen atoms in total. The van der Waals surface area contributed by atoms with Crippen LogP contribution in [-0.2, 0) is 16.0 Å². The summed E-state index contributed by atoms with van der Waals surface area (Å²) in [5.41, 5.74) is 3.36. The third-order valence-electron chi connectivity index (χ3n) is 7.38. The van der Waals surface area contributed by atoms with Gasteiger partial charge in [0, 0.05) is 46.7 Å². The van der Waals surface area contributed by atoms with Crippen molar-refractivity contribution >= 4 is 52.6 Å². The van der Waals surface area contributed by atoms with Crippen LogP contribution in [0.1, 0.15) is 96.1 Å². The molecule has 0 aromatic heterocycles. The summed E-state index contributed by atoms with van der Waals surface area (Å²) < 4.78 is 0. The maximum Gasteiger partial charge on any atom is 0.252 e. The smallest absolute Gasteiger partial charge is 0.252 e. The molecule has 2 saturated heterocycles. The number of hydrogen-bond donors (Lipinski definition) is 4. The minimum absolute atomic E-state index is 0.00962. The van der Waals surface area contributed by atoms with Crippen LogP contribution in [0.4, 0.5) is 5.69 Å². The van der Waals surface area contributed by atoms with Crippen LogP contribution in [0, 0.1) is 5.41 Å². The molecule has 2 fully saturated rings. The molecule has 2 aromatic rings. The third-order valence-corrected chi connectivity index (χ3v) is 9.87. The average Bonchev–Trinajstić information content (AvgIpc) is 3.57. The number of carbonyl (C=O) groups excluding carboxylic acids is 4. The van der Waals surface area contributed by atoms with Gasteiger partial charge in [0.25, 0.3) is 5.91 Å². The Balaban J connectivity index is 1.52. The zero-order chi connectivity index (χ0) is 30.4. The van der Waals surface area contributed by atoms with Gasteiger partial charge in [-0.25, -0.2) is 0 Å². The first-order valence-corrected chi connectivity index (χ1v) is 16.5. The molecule has 0 aliphatic carbocycles. The number of nitrogens with one attached hydrogen (secondary N) is 4. The maximum atomic E-state index is 13.5.